The minimum Gasteiger partial charge on any atom is -0.325 e. The van der Waals surface area contributed by atoms with Crippen LogP contribution in [0.3, 0.4) is 0 Å². The summed E-state index contributed by atoms with van der Waals surface area (Å²) in [4.78, 5) is 29.1. The summed E-state index contributed by atoms with van der Waals surface area (Å²) in [5, 5.41) is 6.44. The molecule has 0 atom stereocenters. The van der Waals surface area contributed by atoms with Crippen molar-refractivity contribution in [1.29, 1.82) is 0 Å². The van der Waals surface area contributed by atoms with Crippen LogP contribution in [-0.4, -0.2) is 60.9 Å². The van der Waals surface area contributed by atoms with Crippen molar-refractivity contribution in [2.45, 2.75) is 20.3 Å². The number of hydrogen-bond acceptors (Lipinski definition) is 4. The van der Waals surface area contributed by atoms with Gasteiger partial charge in [-0.05, 0) is 37.1 Å². The number of piperazine rings is 1. The Bertz CT molecular complexity index is 874. The Balaban J connectivity index is 1.38. The lowest BCUT2D eigenvalue weighted by Gasteiger charge is -2.34. The molecule has 0 aromatic heterocycles. The predicted molar refractivity (Wildman–Crippen MR) is 122 cm³/mol. The van der Waals surface area contributed by atoms with Crippen LogP contribution < -0.4 is 10.6 Å². The average Bonchev–Trinajstić information content (AvgIpc) is 2.72. The summed E-state index contributed by atoms with van der Waals surface area (Å²) in [5.41, 5.74) is 3.70. The number of halogens is 1. The molecule has 1 saturated heterocycles. The van der Waals surface area contributed by atoms with Crippen LogP contribution in [0.15, 0.2) is 42.5 Å². The Labute approximate surface area is 183 Å². The summed E-state index contributed by atoms with van der Waals surface area (Å²) < 4.78 is 0. The van der Waals surface area contributed by atoms with Crippen molar-refractivity contribution in [2.75, 3.05) is 49.9 Å². The molecule has 1 heterocycles. The molecular formula is C23H29ClN4O2. The normalized spacial score (nSPS) is 15.0. The molecule has 1 fully saturated rings. The number of anilines is 2. The minimum atomic E-state index is -0.0430. The molecule has 0 radical (unpaired) electrons. The number of para-hydroxylation sites is 2. The highest BCUT2D eigenvalue weighted by Gasteiger charge is 2.20. The Morgan fingerprint density at radius 2 is 1.50 bits per heavy atom. The van der Waals surface area contributed by atoms with E-state index in [1.165, 1.54) is 0 Å². The van der Waals surface area contributed by atoms with Crippen LogP contribution in [0.4, 0.5) is 11.4 Å². The maximum Gasteiger partial charge on any atom is 0.238 e. The van der Waals surface area contributed by atoms with Crippen molar-refractivity contribution in [2.24, 2.45) is 0 Å². The second-order valence-corrected chi connectivity index (χ2v) is 8.12. The summed E-state index contributed by atoms with van der Waals surface area (Å²) in [6.45, 7) is 8.39. The van der Waals surface area contributed by atoms with Crippen molar-refractivity contribution in [1.82, 2.24) is 9.80 Å². The summed E-state index contributed by atoms with van der Waals surface area (Å²) in [6, 6.07) is 13.2. The van der Waals surface area contributed by atoms with Gasteiger partial charge >= 0.3 is 0 Å². The first-order valence-corrected chi connectivity index (χ1v) is 10.7. The van der Waals surface area contributed by atoms with Crippen LogP contribution >= 0.6 is 11.6 Å². The number of aryl methyl sites for hydroxylation is 2. The van der Waals surface area contributed by atoms with E-state index in [1.54, 1.807) is 12.1 Å². The molecule has 7 heteroatoms. The number of nitrogens with one attached hydrogen (secondary N) is 2. The Morgan fingerprint density at radius 3 is 2.17 bits per heavy atom. The van der Waals surface area contributed by atoms with E-state index in [1.807, 2.05) is 44.2 Å². The fraction of sp³-hybridized carbons (Fsp3) is 0.391. The maximum absolute atomic E-state index is 12.5. The van der Waals surface area contributed by atoms with Gasteiger partial charge in [-0.15, -0.1) is 0 Å². The molecule has 2 aromatic carbocycles. The standard InChI is InChI=1S/C23H29ClN4O2/c1-17-6-5-7-18(2)23(17)26-22(30)16-28-14-12-27(13-15-28)11-10-21(29)25-20-9-4-3-8-19(20)24/h3-9H,10-16H2,1-2H3,(H,25,29)(H,26,30). The van der Waals surface area contributed by atoms with Crippen LogP contribution in [0.2, 0.25) is 5.02 Å². The highest BCUT2D eigenvalue weighted by atomic mass is 35.5. The van der Waals surface area contributed by atoms with Crippen LogP contribution in [0.25, 0.3) is 0 Å². The second-order valence-electron chi connectivity index (χ2n) is 7.71. The van der Waals surface area contributed by atoms with Gasteiger partial charge in [-0.25, -0.2) is 0 Å². The molecule has 1 aliphatic rings. The number of benzene rings is 2. The molecule has 0 bridgehead atoms. The summed E-state index contributed by atoms with van der Waals surface area (Å²) in [6.07, 6.45) is 0.415. The molecule has 2 N–H and O–H groups in total. The van der Waals surface area contributed by atoms with Gasteiger partial charge in [-0.2, -0.15) is 0 Å². The number of amides is 2. The topological polar surface area (TPSA) is 64.7 Å². The average molecular weight is 429 g/mol. The first kappa shape index (κ1) is 22.3. The molecule has 0 unspecified atom stereocenters. The predicted octanol–water partition coefficient (Wildman–Crippen LogP) is 3.54. The number of carbonyl (C=O) groups is 2. The van der Waals surface area contributed by atoms with Gasteiger partial charge in [0.25, 0.3) is 0 Å². The Morgan fingerprint density at radius 1 is 0.867 bits per heavy atom. The summed E-state index contributed by atoms with van der Waals surface area (Å²) in [7, 11) is 0. The molecule has 1 aliphatic heterocycles. The van der Waals surface area contributed by atoms with Crippen LogP contribution in [0, 0.1) is 13.8 Å². The van der Waals surface area contributed by atoms with E-state index < -0.39 is 0 Å². The zero-order chi connectivity index (χ0) is 21.5. The number of nitrogens with zero attached hydrogens (tertiary/aromatic N) is 2. The molecular weight excluding hydrogens is 400 g/mol. The first-order chi connectivity index (χ1) is 14.4. The third-order valence-corrected chi connectivity index (χ3v) is 5.71. The zero-order valence-electron chi connectivity index (χ0n) is 17.6. The lowest BCUT2D eigenvalue weighted by molar-refractivity contribution is -0.117. The van der Waals surface area contributed by atoms with Gasteiger partial charge in [0.15, 0.2) is 0 Å². The maximum atomic E-state index is 12.5. The highest BCUT2D eigenvalue weighted by molar-refractivity contribution is 6.33. The SMILES string of the molecule is Cc1cccc(C)c1NC(=O)CN1CCN(CCC(=O)Nc2ccccc2Cl)CC1. The van der Waals surface area contributed by atoms with E-state index in [2.05, 4.69) is 20.4 Å². The van der Waals surface area contributed by atoms with Crippen LogP contribution in [0.5, 0.6) is 0 Å². The smallest absolute Gasteiger partial charge is 0.238 e. The van der Waals surface area contributed by atoms with Crippen molar-refractivity contribution in [3.05, 3.63) is 58.6 Å². The molecule has 2 aromatic rings. The lowest BCUT2D eigenvalue weighted by atomic mass is 10.1. The highest BCUT2D eigenvalue weighted by Crippen LogP contribution is 2.21. The van der Waals surface area contributed by atoms with E-state index in [4.69, 9.17) is 11.6 Å². The van der Waals surface area contributed by atoms with E-state index in [0.717, 1.165) is 43.0 Å². The molecule has 2 amide bonds. The fourth-order valence-electron chi connectivity index (χ4n) is 3.60. The van der Waals surface area contributed by atoms with Gasteiger partial charge in [0, 0.05) is 44.8 Å². The lowest BCUT2D eigenvalue weighted by Crippen LogP contribution is -2.49. The molecule has 6 nitrogen and oxygen atoms in total. The monoisotopic (exact) mass is 428 g/mol. The fourth-order valence-corrected chi connectivity index (χ4v) is 3.78. The second kappa shape index (κ2) is 10.6. The van der Waals surface area contributed by atoms with E-state index in [-0.39, 0.29) is 11.8 Å². The molecule has 0 saturated carbocycles. The quantitative estimate of drug-likeness (QED) is 0.708. The zero-order valence-corrected chi connectivity index (χ0v) is 18.3. The van der Waals surface area contributed by atoms with Crippen LogP contribution in [-0.2, 0) is 9.59 Å². The summed E-state index contributed by atoms with van der Waals surface area (Å²) in [5.74, 6) is -0.0292. The van der Waals surface area contributed by atoms with E-state index in [0.29, 0.717) is 30.2 Å². The van der Waals surface area contributed by atoms with Gasteiger partial charge < -0.3 is 15.5 Å². The van der Waals surface area contributed by atoms with Crippen molar-refractivity contribution in [3.63, 3.8) is 0 Å². The first-order valence-electron chi connectivity index (χ1n) is 10.3. The molecule has 3 rings (SSSR count). The van der Waals surface area contributed by atoms with Crippen molar-refractivity contribution >= 4 is 34.8 Å². The molecule has 0 spiro atoms. The number of rotatable bonds is 7. The Kier molecular flexibility index (Phi) is 7.85. The number of carbonyl (C=O) groups excluding carboxylic acids is 2. The number of hydrogen-bond donors (Lipinski definition) is 2. The largest absolute Gasteiger partial charge is 0.325 e. The Hall–Kier alpha value is -2.41. The van der Waals surface area contributed by atoms with Crippen LogP contribution in [0.1, 0.15) is 17.5 Å². The van der Waals surface area contributed by atoms with Gasteiger partial charge in [0.1, 0.15) is 0 Å². The van der Waals surface area contributed by atoms with Gasteiger partial charge in [0.2, 0.25) is 11.8 Å². The third kappa shape index (κ3) is 6.29. The van der Waals surface area contributed by atoms with E-state index >= 15 is 0 Å². The van der Waals surface area contributed by atoms with Gasteiger partial charge in [-0.1, -0.05) is 41.9 Å². The minimum absolute atomic E-state index is 0.0139. The van der Waals surface area contributed by atoms with E-state index in [9.17, 15) is 9.59 Å². The molecule has 0 aliphatic carbocycles. The summed E-state index contributed by atoms with van der Waals surface area (Å²) >= 11 is 6.08. The van der Waals surface area contributed by atoms with Crippen molar-refractivity contribution in [3.8, 4) is 0 Å². The molecule has 160 valence electrons. The van der Waals surface area contributed by atoms with Gasteiger partial charge in [-0.3, -0.25) is 14.5 Å². The molecule has 30 heavy (non-hydrogen) atoms. The van der Waals surface area contributed by atoms with Gasteiger partial charge in [0.05, 0.1) is 17.3 Å². The third-order valence-electron chi connectivity index (χ3n) is 5.38. The van der Waals surface area contributed by atoms with Crippen molar-refractivity contribution < 1.29 is 9.59 Å².